The summed E-state index contributed by atoms with van der Waals surface area (Å²) in [5, 5.41) is 4.24. The minimum Gasteiger partial charge on any atom is -0.383 e. The van der Waals surface area contributed by atoms with Gasteiger partial charge < -0.3 is 4.74 Å². The first-order chi connectivity index (χ1) is 10.0. The Kier molecular flexibility index (Phi) is 5.33. The van der Waals surface area contributed by atoms with Crippen LogP contribution >= 0.6 is 23.2 Å². The third-order valence-corrected chi connectivity index (χ3v) is 3.52. The number of halogens is 3. The molecule has 1 heterocycles. The predicted octanol–water partition coefficient (Wildman–Crippen LogP) is 3.40. The van der Waals surface area contributed by atoms with Crippen molar-refractivity contribution in [3.05, 3.63) is 51.5 Å². The van der Waals surface area contributed by atoms with Crippen molar-refractivity contribution in [1.82, 2.24) is 9.78 Å². The summed E-state index contributed by atoms with van der Waals surface area (Å²) in [5.74, 6) is -0.915. The summed E-state index contributed by atoms with van der Waals surface area (Å²) in [6, 6.07) is 4.54. The number of benzene rings is 1. The predicted molar refractivity (Wildman–Crippen MR) is 78.6 cm³/mol. The molecule has 0 atom stereocenters. The zero-order valence-corrected chi connectivity index (χ0v) is 12.8. The highest BCUT2D eigenvalue weighted by molar-refractivity contribution is 6.33. The lowest BCUT2D eigenvalue weighted by Crippen LogP contribution is -2.16. The first-order valence-corrected chi connectivity index (χ1v) is 6.96. The van der Waals surface area contributed by atoms with E-state index in [9.17, 15) is 9.18 Å². The molecule has 0 fully saturated rings. The number of aromatic nitrogens is 2. The summed E-state index contributed by atoms with van der Waals surface area (Å²) >= 11 is 11.7. The summed E-state index contributed by atoms with van der Waals surface area (Å²) in [4.78, 5) is 12.3. The highest BCUT2D eigenvalue weighted by atomic mass is 35.5. The molecule has 2 aromatic rings. The van der Waals surface area contributed by atoms with Crippen molar-refractivity contribution in [3.8, 4) is 0 Å². The van der Waals surface area contributed by atoms with Crippen LogP contribution in [-0.2, 0) is 17.7 Å². The van der Waals surface area contributed by atoms with Crippen molar-refractivity contribution in [3.63, 3.8) is 0 Å². The van der Waals surface area contributed by atoms with Gasteiger partial charge in [-0.1, -0.05) is 35.3 Å². The monoisotopic (exact) mass is 330 g/mol. The molecule has 1 aromatic carbocycles. The standard InChI is InChI=1S/C14H13Cl2FN2O2/c1-21-6-5-19-14(11(16)8-18-19)12(20)7-9-3-2-4-10(15)13(9)17/h2-4,8H,5-7H2,1H3. The number of ether oxygens (including phenoxy) is 1. The summed E-state index contributed by atoms with van der Waals surface area (Å²) < 4.78 is 20.3. The van der Waals surface area contributed by atoms with E-state index >= 15 is 0 Å². The van der Waals surface area contributed by atoms with Crippen molar-refractivity contribution in [1.29, 1.82) is 0 Å². The van der Waals surface area contributed by atoms with Gasteiger partial charge in [-0.3, -0.25) is 9.48 Å². The van der Waals surface area contributed by atoms with Crippen LogP contribution < -0.4 is 0 Å². The second-order valence-corrected chi connectivity index (χ2v) is 5.18. The Morgan fingerprint density at radius 3 is 2.86 bits per heavy atom. The molecule has 0 aliphatic carbocycles. The molecule has 4 nitrogen and oxygen atoms in total. The highest BCUT2D eigenvalue weighted by Gasteiger charge is 2.19. The van der Waals surface area contributed by atoms with Crippen molar-refractivity contribution in [2.45, 2.75) is 13.0 Å². The Morgan fingerprint density at radius 1 is 1.38 bits per heavy atom. The molecule has 21 heavy (non-hydrogen) atoms. The molecule has 0 unspecified atom stereocenters. The summed E-state index contributed by atoms with van der Waals surface area (Å²) in [5.41, 5.74) is 0.469. The van der Waals surface area contributed by atoms with E-state index in [0.29, 0.717) is 13.2 Å². The molecule has 0 saturated heterocycles. The van der Waals surface area contributed by atoms with E-state index in [1.165, 1.54) is 23.0 Å². The number of hydrogen-bond acceptors (Lipinski definition) is 3. The van der Waals surface area contributed by atoms with E-state index in [1.807, 2.05) is 0 Å². The largest absolute Gasteiger partial charge is 0.383 e. The van der Waals surface area contributed by atoms with Crippen LogP contribution in [0.4, 0.5) is 4.39 Å². The minimum atomic E-state index is -0.591. The number of hydrogen-bond donors (Lipinski definition) is 0. The van der Waals surface area contributed by atoms with Gasteiger partial charge in [-0.15, -0.1) is 0 Å². The van der Waals surface area contributed by atoms with Gasteiger partial charge >= 0.3 is 0 Å². The third-order valence-electron chi connectivity index (χ3n) is 2.95. The summed E-state index contributed by atoms with van der Waals surface area (Å²) in [6.45, 7) is 0.784. The molecule has 0 aliphatic rings. The van der Waals surface area contributed by atoms with Crippen LogP contribution in [0, 0.1) is 5.82 Å². The van der Waals surface area contributed by atoms with Crippen LogP contribution in [0.5, 0.6) is 0 Å². The van der Waals surface area contributed by atoms with Crippen molar-refractivity contribution < 1.29 is 13.9 Å². The van der Waals surface area contributed by atoms with Gasteiger partial charge in [0.2, 0.25) is 0 Å². The molecule has 0 radical (unpaired) electrons. The number of carbonyl (C=O) groups is 1. The lowest BCUT2D eigenvalue weighted by molar-refractivity contribution is 0.0978. The number of nitrogens with zero attached hydrogens (tertiary/aromatic N) is 2. The maximum absolute atomic E-state index is 13.8. The number of Topliss-reactive ketones (excluding diaryl/α,β-unsaturated/α-hetero) is 1. The molecule has 2 rings (SSSR count). The van der Waals surface area contributed by atoms with Gasteiger partial charge in [-0.2, -0.15) is 5.10 Å². The molecule has 112 valence electrons. The van der Waals surface area contributed by atoms with Crippen molar-refractivity contribution in [2.24, 2.45) is 0 Å². The zero-order valence-electron chi connectivity index (χ0n) is 11.3. The van der Waals surface area contributed by atoms with Gasteiger partial charge in [0.05, 0.1) is 29.4 Å². The van der Waals surface area contributed by atoms with E-state index in [2.05, 4.69) is 5.10 Å². The van der Waals surface area contributed by atoms with Gasteiger partial charge in [0, 0.05) is 13.5 Å². The lowest BCUT2D eigenvalue weighted by atomic mass is 10.1. The first kappa shape index (κ1) is 15.9. The fourth-order valence-corrected chi connectivity index (χ4v) is 2.37. The molecule has 0 aliphatic heterocycles. The Bertz CT molecular complexity index is 658. The van der Waals surface area contributed by atoms with Crippen LogP contribution in [-0.4, -0.2) is 29.3 Å². The van der Waals surface area contributed by atoms with Gasteiger partial charge in [0.15, 0.2) is 5.78 Å². The number of methoxy groups -OCH3 is 1. The average molecular weight is 331 g/mol. The molecule has 7 heteroatoms. The Hall–Kier alpha value is -1.43. The molecule has 0 amide bonds. The topological polar surface area (TPSA) is 44.1 Å². The van der Waals surface area contributed by atoms with Crippen LogP contribution in [0.2, 0.25) is 10.0 Å². The number of carbonyl (C=O) groups excluding carboxylic acids is 1. The maximum atomic E-state index is 13.8. The molecule has 1 aromatic heterocycles. The molecule has 0 spiro atoms. The van der Waals surface area contributed by atoms with E-state index in [4.69, 9.17) is 27.9 Å². The normalized spacial score (nSPS) is 10.9. The second kappa shape index (κ2) is 7.02. The molecule has 0 bridgehead atoms. The van der Waals surface area contributed by atoms with E-state index in [1.54, 1.807) is 13.2 Å². The van der Waals surface area contributed by atoms with E-state index < -0.39 is 5.82 Å². The molecule has 0 saturated carbocycles. The van der Waals surface area contributed by atoms with Gasteiger partial charge in [0.25, 0.3) is 0 Å². The minimum absolute atomic E-state index is 0.0145. The molecular formula is C14H13Cl2FN2O2. The van der Waals surface area contributed by atoms with Crippen LogP contribution in [0.1, 0.15) is 16.1 Å². The summed E-state index contributed by atoms with van der Waals surface area (Å²) in [6.07, 6.45) is 1.25. The van der Waals surface area contributed by atoms with Crippen LogP contribution in [0.15, 0.2) is 24.4 Å². The average Bonchev–Trinajstić information content (AvgIpc) is 2.82. The third kappa shape index (κ3) is 3.61. The van der Waals surface area contributed by atoms with E-state index in [0.717, 1.165) is 0 Å². The number of ketones is 1. The van der Waals surface area contributed by atoms with Crippen molar-refractivity contribution >= 4 is 29.0 Å². The maximum Gasteiger partial charge on any atom is 0.186 e. The second-order valence-electron chi connectivity index (χ2n) is 4.37. The number of rotatable bonds is 6. The van der Waals surface area contributed by atoms with Crippen LogP contribution in [0.25, 0.3) is 0 Å². The Morgan fingerprint density at radius 2 is 2.14 bits per heavy atom. The van der Waals surface area contributed by atoms with Gasteiger partial charge in [-0.25, -0.2) is 4.39 Å². The molecular weight excluding hydrogens is 318 g/mol. The van der Waals surface area contributed by atoms with Gasteiger partial charge in [0.1, 0.15) is 11.5 Å². The smallest absolute Gasteiger partial charge is 0.186 e. The van der Waals surface area contributed by atoms with E-state index in [-0.39, 0.29) is 33.5 Å². The fraction of sp³-hybridized carbons (Fsp3) is 0.286. The lowest BCUT2D eigenvalue weighted by Gasteiger charge is -2.08. The van der Waals surface area contributed by atoms with Crippen LogP contribution in [0.3, 0.4) is 0 Å². The fourth-order valence-electron chi connectivity index (χ4n) is 1.93. The molecule has 0 N–H and O–H groups in total. The first-order valence-electron chi connectivity index (χ1n) is 6.21. The zero-order chi connectivity index (χ0) is 15.4. The quantitative estimate of drug-likeness (QED) is 0.762. The van der Waals surface area contributed by atoms with Crippen molar-refractivity contribution in [2.75, 3.05) is 13.7 Å². The highest BCUT2D eigenvalue weighted by Crippen LogP contribution is 2.22. The summed E-state index contributed by atoms with van der Waals surface area (Å²) in [7, 11) is 1.55. The SMILES string of the molecule is COCCn1ncc(Cl)c1C(=O)Cc1cccc(Cl)c1F. The Balaban J connectivity index is 2.24. The van der Waals surface area contributed by atoms with Gasteiger partial charge in [-0.05, 0) is 11.6 Å². The Labute approximate surface area is 131 Å².